The Morgan fingerprint density at radius 1 is 0.957 bits per heavy atom. The molecule has 2 N–H and O–H groups in total. The number of fused-ring (bicyclic) bond motifs is 2. The zero-order valence-electron chi connectivity index (χ0n) is 25.0. The smallest absolute Gasteiger partial charge is 0.267 e. The van der Waals surface area contributed by atoms with Crippen molar-refractivity contribution >= 4 is 48.0 Å². The molecule has 0 radical (unpaired) electrons. The fourth-order valence-corrected chi connectivity index (χ4v) is 10.3. The molecule has 17 heteroatoms. The first-order valence-corrected chi connectivity index (χ1v) is 19.0. The minimum Gasteiger partial charge on any atom is -0.351 e. The van der Waals surface area contributed by atoms with Gasteiger partial charge in [0.15, 0.2) is 15.8 Å². The first kappa shape index (κ1) is 31.8. The second-order valence-corrected chi connectivity index (χ2v) is 16.9. The van der Waals surface area contributed by atoms with Gasteiger partial charge in [0.05, 0.1) is 33.5 Å². The average molecular weight is 706 g/mol. The maximum Gasteiger partial charge on any atom is 0.267 e. The summed E-state index contributed by atoms with van der Waals surface area (Å²) >= 11 is 1.33. The van der Waals surface area contributed by atoms with Gasteiger partial charge in [-0.1, -0.05) is 23.5 Å². The van der Waals surface area contributed by atoms with Gasteiger partial charge in [-0.3, -0.25) is 4.72 Å². The Morgan fingerprint density at radius 3 is 2.34 bits per heavy atom. The van der Waals surface area contributed by atoms with Gasteiger partial charge in [-0.05, 0) is 56.6 Å². The van der Waals surface area contributed by atoms with E-state index in [0.29, 0.717) is 28.5 Å². The second-order valence-electron chi connectivity index (χ2n) is 12.0. The van der Waals surface area contributed by atoms with Crippen LogP contribution < -0.4 is 14.9 Å². The van der Waals surface area contributed by atoms with E-state index in [4.69, 9.17) is 4.98 Å². The number of piperazine rings is 1. The third-order valence-corrected chi connectivity index (χ3v) is 12.9. The predicted molar refractivity (Wildman–Crippen MR) is 173 cm³/mol. The molecule has 2 aromatic carbocycles. The van der Waals surface area contributed by atoms with Crippen molar-refractivity contribution in [3.05, 3.63) is 66.1 Å². The molecular formula is C30H30F3N7O4S3. The van der Waals surface area contributed by atoms with Crippen molar-refractivity contribution in [2.45, 2.75) is 42.3 Å². The Morgan fingerprint density at radius 2 is 1.64 bits per heavy atom. The molecule has 47 heavy (non-hydrogen) atoms. The summed E-state index contributed by atoms with van der Waals surface area (Å²) in [5.41, 5.74) is 0.106. The van der Waals surface area contributed by atoms with Crippen LogP contribution >= 0.6 is 11.3 Å². The van der Waals surface area contributed by atoms with Crippen molar-refractivity contribution < 1.29 is 30.0 Å². The quantitative estimate of drug-likeness (QED) is 0.272. The molecule has 2 atom stereocenters. The van der Waals surface area contributed by atoms with Crippen molar-refractivity contribution in [2.24, 2.45) is 0 Å². The van der Waals surface area contributed by atoms with Gasteiger partial charge >= 0.3 is 0 Å². The van der Waals surface area contributed by atoms with E-state index >= 15 is 4.39 Å². The number of sulfonamides is 1. The van der Waals surface area contributed by atoms with Crippen LogP contribution in [0.15, 0.2) is 53.6 Å². The van der Waals surface area contributed by atoms with Gasteiger partial charge < -0.3 is 15.1 Å². The highest BCUT2D eigenvalue weighted by Crippen LogP contribution is 2.46. The molecule has 11 nitrogen and oxygen atoms in total. The molecule has 2 aromatic heterocycles. The number of nitrogens with zero attached hydrogens (tertiary/aromatic N) is 5. The zero-order chi connectivity index (χ0) is 33.1. The lowest BCUT2D eigenvalue weighted by Crippen LogP contribution is -2.68. The van der Waals surface area contributed by atoms with Crippen molar-refractivity contribution in [3.8, 4) is 21.8 Å². The van der Waals surface area contributed by atoms with Crippen molar-refractivity contribution in [2.75, 3.05) is 46.6 Å². The lowest BCUT2D eigenvalue weighted by molar-refractivity contribution is 0.140. The number of sulfone groups is 1. The van der Waals surface area contributed by atoms with Crippen LogP contribution in [-0.2, 0) is 19.9 Å². The van der Waals surface area contributed by atoms with Crippen LogP contribution in [0.1, 0.15) is 19.3 Å². The lowest BCUT2D eigenvalue weighted by atomic mass is 9.88. The van der Waals surface area contributed by atoms with Crippen molar-refractivity contribution in [1.82, 2.24) is 19.9 Å². The lowest BCUT2D eigenvalue weighted by Gasteiger charge is -2.55. The Labute approximate surface area is 273 Å². The van der Waals surface area contributed by atoms with Crippen LogP contribution in [0, 0.1) is 17.5 Å². The van der Waals surface area contributed by atoms with E-state index < -0.39 is 47.9 Å². The largest absolute Gasteiger partial charge is 0.351 e. The Kier molecular flexibility index (Phi) is 8.13. The van der Waals surface area contributed by atoms with Crippen LogP contribution in [0.2, 0.25) is 0 Å². The number of likely N-dealkylation sites (N-methyl/N-ethyl adjacent to an activating group) is 1. The molecule has 4 aromatic rings. The van der Waals surface area contributed by atoms with Crippen LogP contribution in [0.4, 0.5) is 29.9 Å². The standard InChI is InChI=1S/C30H30F3N7O4S3/c1-39-15-18-14-19(16-39)40(18)30-37-26(27(45-30)24-8-11-34-29(36-24)35-17-9-12-46(41,42)13-10-17)20-4-2-7-23(25(20)33)38-47(43,44)28-21(31)5-3-6-22(28)32/h2-8,11,17-19,38H,9-10,12-16H2,1H3,(H,34,35,36). The van der Waals surface area contributed by atoms with Gasteiger partial charge in [0, 0.05) is 43.0 Å². The van der Waals surface area contributed by atoms with Crippen LogP contribution in [0.25, 0.3) is 21.8 Å². The van der Waals surface area contributed by atoms with Crippen molar-refractivity contribution in [1.29, 1.82) is 0 Å². The number of rotatable bonds is 8. The van der Waals surface area contributed by atoms with Crippen LogP contribution in [0.5, 0.6) is 0 Å². The molecule has 0 spiro atoms. The van der Waals surface area contributed by atoms with E-state index in [2.05, 4.69) is 32.1 Å². The first-order chi connectivity index (χ1) is 22.4. The molecular weight excluding hydrogens is 676 g/mol. The monoisotopic (exact) mass is 705 g/mol. The summed E-state index contributed by atoms with van der Waals surface area (Å²) in [4.78, 5) is 17.6. The predicted octanol–water partition coefficient (Wildman–Crippen LogP) is 4.37. The molecule has 2 unspecified atom stereocenters. The fourth-order valence-electron chi connectivity index (χ4n) is 6.41. The number of piperidine rings is 1. The number of anilines is 3. The summed E-state index contributed by atoms with van der Waals surface area (Å²) in [5, 5.41) is 3.88. The number of thiazole rings is 1. The minimum absolute atomic E-state index is 0.0369. The van der Waals surface area contributed by atoms with E-state index in [-0.39, 0.29) is 46.8 Å². The summed E-state index contributed by atoms with van der Waals surface area (Å²) in [6, 6.07) is 8.66. The van der Waals surface area contributed by atoms with E-state index in [0.717, 1.165) is 43.8 Å². The molecule has 0 saturated carbocycles. The van der Waals surface area contributed by atoms with Crippen LogP contribution in [-0.4, -0.2) is 86.5 Å². The van der Waals surface area contributed by atoms with Gasteiger partial charge in [0.25, 0.3) is 10.0 Å². The van der Waals surface area contributed by atoms with E-state index in [9.17, 15) is 25.6 Å². The highest BCUT2D eigenvalue weighted by Gasteiger charge is 2.45. The summed E-state index contributed by atoms with van der Waals surface area (Å²) in [6.07, 6.45) is 3.39. The van der Waals surface area contributed by atoms with Gasteiger partial charge in [-0.2, -0.15) is 0 Å². The number of nitrogens with one attached hydrogen (secondary N) is 2. The summed E-state index contributed by atoms with van der Waals surface area (Å²) in [5.74, 6) is -3.18. The molecule has 4 aliphatic heterocycles. The highest BCUT2D eigenvalue weighted by atomic mass is 32.2. The molecule has 4 saturated heterocycles. The normalized spacial score (nSPS) is 21.3. The van der Waals surface area contributed by atoms with Crippen molar-refractivity contribution in [3.63, 3.8) is 0 Å². The van der Waals surface area contributed by atoms with E-state index in [1.54, 1.807) is 12.3 Å². The molecule has 0 amide bonds. The average Bonchev–Trinajstić information content (AvgIpc) is 3.43. The molecule has 4 aliphatic rings. The van der Waals surface area contributed by atoms with Gasteiger partial charge in [0.2, 0.25) is 5.95 Å². The molecule has 4 fully saturated rings. The second kappa shape index (κ2) is 12.0. The number of hydrogen-bond acceptors (Lipinski definition) is 11. The Bertz CT molecular complexity index is 2030. The maximum absolute atomic E-state index is 16.3. The number of aromatic nitrogens is 3. The summed E-state index contributed by atoms with van der Waals surface area (Å²) in [7, 11) is -5.84. The molecule has 0 aliphatic carbocycles. The van der Waals surface area contributed by atoms with E-state index in [1.165, 1.54) is 23.5 Å². The van der Waals surface area contributed by atoms with Crippen LogP contribution in [0.3, 0.4) is 0 Å². The number of benzene rings is 2. The van der Waals surface area contributed by atoms with Gasteiger partial charge in [0.1, 0.15) is 21.5 Å². The SMILES string of the molecule is CN1CC2CC(C1)N2c1nc(-c2cccc(NS(=O)(=O)c3c(F)cccc3F)c2F)c(-c2ccnc(NC3CCS(=O)(=O)CC3)n2)s1. The first-order valence-electron chi connectivity index (χ1n) is 14.9. The highest BCUT2D eigenvalue weighted by molar-refractivity contribution is 7.92. The summed E-state index contributed by atoms with van der Waals surface area (Å²) in [6.45, 7) is 1.69. The molecule has 8 rings (SSSR count). The number of halogens is 3. The zero-order valence-corrected chi connectivity index (χ0v) is 27.5. The maximum atomic E-state index is 16.3. The molecule has 248 valence electrons. The molecule has 6 heterocycles. The fraction of sp³-hybridized carbons (Fsp3) is 0.367. The summed E-state index contributed by atoms with van der Waals surface area (Å²) < 4.78 is 96.8. The molecule has 2 bridgehead atoms. The number of hydrogen-bond donors (Lipinski definition) is 2. The third kappa shape index (κ3) is 6.16. The van der Waals surface area contributed by atoms with E-state index in [1.807, 2.05) is 4.72 Å². The Balaban J connectivity index is 1.27. The third-order valence-electron chi connectivity index (χ3n) is 8.67. The Hall–Kier alpha value is -3.80. The minimum atomic E-state index is -4.84. The van der Waals surface area contributed by atoms with Gasteiger partial charge in [-0.25, -0.2) is 45.0 Å². The van der Waals surface area contributed by atoms with Gasteiger partial charge in [-0.15, -0.1) is 0 Å². The topological polar surface area (TPSA) is 137 Å².